The number of nitrogens with zero attached hydrogens (tertiary/aromatic N) is 2. The highest BCUT2D eigenvalue weighted by atomic mass is 35.5. The standard InChI is InChI=1S/C15H21ClN2O2S/c1-4-9-20-13-7-5-6-12-14(13)17-15(11(2)16)18(12)8-10-21(3)19/h5-7,11H,4,8-10H2,1-3H3. The van der Waals surface area contributed by atoms with E-state index in [1.165, 1.54) is 0 Å². The van der Waals surface area contributed by atoms with Gasteiger partial charge in [-0.15, -0.1) is 11.6 Å². The summed E-state index contributed by atoms with van der Waals surface area (Å²) < 4.78 is 19.2. The van der Waals surface area contributed by atoms with E-state index in [-0.39, 0.29) is 5.38 Å². The maximum absolute atomic E-state index is 11.4. The lowest BCUT2D eigenvalue weighted by Crippen LogP contribution is -2.10. The van der Waals surface area contributed by atoms with Gasteiger partial charge in [0, 0.05) is 29.4 Å². The SMILES string of the molecule is CCCOc1cccc2c1nc(C(C)Cl)n2CCS(C)=O. The molecule has 6 heteroatoms. The molecule has 1 aromatic heterocycles. The molecule has 0 bridgehead atoms. The molecule has 116 valence electrons. The second kappa shape index (κ2) is 7.27. The first-order valence-electron chi connectivity index (χ1n) is 7.10. The molecule has 1 heterocycles. The Morgan fingerprint density at radius 1 is 1.48 bits per heavy atom. The van der Waals surface area contributed by atoms with E-state index in [1.54, 1.807) is 6.26 Å². The zero-order valence-corrected chi connectivity index (χ0v) is 14.2. The van der Waals surface area contributed by atoms with Gasteiger partial charge in [-0.3, -0.25) is 4.21 Å². The quantitative estimate of drug-likeness (QED) is 0.731. The molecule has 2 rings (SSSR count). The van der Waals surface area contributed by atoms with Crippen molar-refractivity contribution in [2.75, 3.05) is 18.6 Å². The van der Waals surface area contributed by atoms with Gasteiger partial charge in [-0.2, -0.15) is 0 Å². The molecule has 0 fully saturated rings. The highest BCUT2D eigenvalue weighted by molar-refractivity contribution is 7.84. The van der Waals surface area contributed by atoms with Crippen LogP contribution >= 0.6 is 11.6 Å². The van der Waals surface area contributed by atoms with Crippen LogP contribution < -0.4 is 4.74 Å². The Balaban J connectivity index is 2.48. The Kier molecular flexibility index (Phi) is 5.65. The van der Waals surface area contributed by atoms with Crippen LogP contribution in [0.15, 0.2) is 18.2 Å². The number of hydrogen-bond acceptors (Lipinski definition) is 3. The molecule has 0 saturated heterocycles. The number of aryl methyl sites for hydroxylation is 1. The molecule has 0 aliphatic rings. The van der Waals surface area contributed by atoms with Crippen LogP contribution in [0.1, 0.15) is 31.5 Å². The van der Waals surface area contributed by atoms with E-state index in [0.29, 0.717) is 18.9 Å². The molecule has 2 aromatic rings. The fourth-order valence-corrected chi connectivity index (χ4v) is 2.83. The molecule has 0 amide bonds. The average Bonchev–Trinajstić information content (AvgIpc) is 2.82. The monoisotopic (exact) mass is 328 g/mol. The van der Waals surface area contributed by atoms with Crippen molar-refractivity contribution in [1.29, 1.82) is 0 Å². The molecule has 0 aliphatic heterocycles. The predicted octanol–water partition coefficient (Wildman–Crippen LogP) is 3.50. The number of ether oxygens (including phenoxy) is 1. The smallest absolute Gasteiger partial charge is 0.147 e. The number of para-hydroxylation sites is 1. The van der Waals surface area contributed by atoms with Crippen molar-refractivity contribution in [3.63, 3.8) is 0 Å². The number of rotatable bonds is 7. The largest absolute Gasteiger partial charge is 0.491 e. The van der Waals surface area contributed by atoms with E-state index < -0.39 is 10.8 Å². The van der Waals surface area contributed by atoms with Crippen LogP contribution in [0.4, 0.5) is 0 Å². The Hall–Kier alpha value is -1.07. The molecular weight excluding hydrogens is 308 g/mol. The minimum atomic E-state index is -0.848. The zero-order chi connectivity index (χ0) is 15.4. The Bertz CT molecular complexity index is 640. The van der Waals surface area contributed by atoms with Gasteiger partial charge < -0.3 is 9.30 Å². The number of imidazole rings is 1. The van der Waals surface area contributed by atoms with Crippen molar-refractivity contribution in [2.24, 2.45) is 0 Å². The molecule has 0 aliphatic carbocycles. The molecule has 0 spiro atoms. The first kappa shape index (κ1) is 16.3. The number of fused-ring (bicyclic) bond motifs is 1. The summed E-state index contributed by atoms with van der Waals surface area (Å²) in [5, 5.41) is -0.207. The van der Waals surface area contributed by atoms with Gasteiger partial charge in [0.25, 0.3) is 0 Å². The highest BCUT2D eigenvalue weighted by Gasteiger charge is 2.17. The van der Waals surface area contributed by atoms with Crippen molar-refractivity contribution >= 4 is 33.4 Å². The lowest BCUT2D eigenvalue weighted by Gasteiger charge is -2.09. The summed E-state index contributed by atoms with van der Waals surface area (Å²) in [7, 11) is -0.848. The molecule has 2 unspecified atom stereocenters. The van der Waals surface area contributed by atoms with E-state index in [4.69, 9.17) is 16.3 Å². The third-order valence-electron chi connectivity index (χ3n) is 3.19. The zero-order valence-electron chi connectivity index (χ0n) is 12.6. The van der Waals surface area contributed by atoms with Crippen molar-refractivity contribution in [3.05, 3.63) is 24.0 Å². The van der Waals surface area contributed by atoms with Gasteiger partial charge in [-0.1, -0.05) is 13.0 Å². The van der Waals surface area contributed by atoms with Gasteiger partial charge >= 0.3 is 0 Å². The first-order valence-corrected chi connectivity index (χ1v) is 9.27. The minimum absolute atomic E-state index is 0.207. The van der Waals surface area contributed by atoms with Crippen LogP contribution in [0.5, 0.6) is 5.75 Å². The molecule has 0 N–H and O–H groups in total. The summed E-state index contributed by atoms with van der Waals surface area (Å²) >= 11 is 6.25. The molecule has 0 radical (unpaired) electrons. The summed E-state index contributed by atoms with van der Waals surface area (Å²) in [6.07, 6.45) is 2.66. The van der Waals surface area contributed by atoms with Gasteiger partial charge in [0.2, 0.25) is 0 Å². The minimum Gasteiger partial charge on any atom is -0.491 e. The van der Waals surface area contributed by atoms with E-state index >= 15 is 0 Å². The second-order valence-electron chi connectivity index (χ2n) is 4.99. The topological polar surface area (TPSA) is 44.1 Å². The van der Waals surface area contributed by atoms with Crippen LogP contribution in [0.3, 0.4) is 0 Å². The van der Waals surface area contributed by atoms with Gasteiger partial charge in [-0.25, -0.2) is 4.98 Å². The van der Waals surface area contributed by atoms with Crippen LogP contribution in [0, 0.1) is 0 Å². The molecule has 4 nitrogen and oxygen atoms in total. The Labute approximate surface area is 132 Å². The third kappa shape index (κ3) is 3.77. The molecule has 1 aromatic carbocycles. The number of hydrogen-bond donors (Lipinski definition) is 0. The molecule has 0 saturated carbocycles. The maximum atomic E-state index is 11.4. The fourth-order valence-electron chi connectivity index (χ4n) is 2.23. The molecular formula is C15H21ClN2O2S. The second-order valence-corrected chi connectivity index (χ2v) is 7.20. The van der Waals surface area contributed by atoms with Crippen molar-refractivity contribution in [1.82, 2.24) is 9.55 Å². The summed E-state index contributed by atoms with van der Waals surface area (Å²) in [5.74, 6) is 2.16. The van der Waals surface area contributed by atoms with Gasteiger partial charge in [0.1, 0.15) is 17.1 Å². The molecule has 2 atom stereocenters. The van der Waals surface area contributed by atoms with Crippen LogP contribution in [-0.2, 0) is 17.3 Å². The number of benzene rings is 1. The third-order valence-corrected chi connectivity index (χ3v) is 4.14. The number of aromatic nitrogens is 2. The van der Waals surface area contributed by atoms with Gasteiger partial charge in [0.05, 0.1) is 17.5 Å². The van der Waals surface area contributed by atoms with E-state index in [0.717, 1.165) is 29.0 Å². The Morgan fingerprint density at radius 2 is 2.24 bits per heavy atom. The highest BCUT2D eigenvalue weighted by Crippen LogP contribution is 2.30. The maximum Gasteiger partial charge on any atom is 0.147 e. The van der Waals surface area contributed by atoms with E-state index in [2.05, 4.69) is 11.9 Å². The summed E-state index contributed by atoms with van der Waals surface area (Å²) in [5.41, 5.74) is 1.81. The van der Waals surface area contributed by atoms with E-state index in [9.17, 15) is 4.21 Å². The summed E-state index contributed by atoms with van der Waals surface area (Å²) in [6, 6.07) is 5.88. The van der Waals surface area contributed by atoms with Crippen LogP contribution in [0.2, 0.25) is 0 Å². The number of alkyl halides is 1. The number of halogens is 1. The van der Waals surface area contributed by atoms with Crippen LogP contribution in [0.25, 0.3) is 11.0 Å². The van der Waals surface area contributed by atoms with Crippen molar-refractivity contribution < 1.29 is 8.95 Å². The van der Waals surface area contributed by atoms with Gasteiger partial charge in [-0.05, 0) is 25.5 Å². The van der Waals surface area contributed by atoms with Crippen LogP contribution in [-0.4, -0.2) is 32.4 Å². The molecule has 21 heavy (non-hydrogen) atoms. The first-order chi connectivity index (χ1) is 10.0. The van der Waals surface area contributed by atoms with Gasteiger partial charge in [0.15, 0.2) is 0 Å². The summed E-state index contributed by atoms with van der Waals surface area (Å²) in [6.45, 7) is 5.27. The average molecular weight is 329 g/mol. The summed E-state index contributed by atoms with van der Waals surface area (Å²) in [4.78, 5) is 4.65. The predicted molar refractivity (Wildman–Crippen MR) is 88.7 cm³/mol. The Morgan fingerprint density at radius 3 is 2.86 bits per heavy atom. The lowest BCUT2D eigenvalue weighted by molar-refractivity contribution is 0.320. The van der Waals surface area contributed by atoms with E-state index in [1.807, 2.05) is 29.7 Å². The normalized spacial score (nSPS) is 14.3. The fraction of sp³-hybridized carbons (Fsp3) is 0.533. The van der Waals surface area contributed by atoms with Crippen molar-refractivity contribution in [3.8, 4) is 5.75 Å². The lowest BCUT2D eigenvalue weighted by atomic mass is 10.3. The van der Waals surface area contributed by atoms with Crippen molar-refractivity contribution in [2.45, 2.75) is 32.2 Å².